The minimum atomic E-state index is -1.68. The molecule has 0 aromatic heterocycles. The highest BCUT2D eigenvalue weighted by atomic mass is 28.4. The summed E-state index contributed by atoms with van der Waals surface area (Å²) in [5, 5.41) is 10.2. The first-order chi connectivity index (χ1) is 17.0. The van der Waals surface area contributed by atoms with E-state index in [-0.39, 0.29) is 6.10 Å². The number of allylic oxidation sites excluding steroid dienone is 4. The lowest BCUT2D eigenvalue weighted by molar-refractivity contribution is 0.0343. The molecule has 3 heteroatoms. The van der Waals surface area contributed by atoms with Crippen molar-refractivity contribution in [2.45, 2.75) is 143 Å². The zero-order chi connectivity index (χ0) is 26.5. The lowest BCUT2D eigenvalue weighted by Gasteiger charge is -2.45. The number of hydrogen-bond donors (Lipinski definition) is 1. The maximum Gasteiger partial charge on any atom is 0.187 e. The van der Waals surface area contributed by atoms with Crippen LogP contribution in [0.15, 0.2) is 35.5 Å². The van der Waals surface area contributed by atoms with Gasteiger partial charge in [-0.05, 0) is 98.7 Å². The highest BCUT2D eigenvalue weighted by Crippen LogP contribution is 2.61. The largest absolute Gasteiger partial charge is 0.414 e. The summed E-state index contributed by atoms with van der Waals surface area (Å²) < 4.78 is 7.24. The molecule has 0 aliphatic heterocycles. The molecule has 1 unspecified atom stereocenters. The first-order valence-electron chi connectivity index (χ1n) is 15.4. The summed E-state index contributed by atoms with van der Waals surface area (Å²) in [5.74, 6) is 2.79. The lowest BCUT2D eigenvalue weighted by atomic mass is 9.60. The Kier molecular flexibility index (Phi) is 10.7. The van der Waals surface area contributed by atoms with Gasteiger partial charge in [0.15, 0.2) is 8.32 Å². The van der Waals surface area contributed by atoms with Gasteiger partial charge in [-0.2, -0.15) is 0 Å². The Morgan fingerprint density at radius 3 is 2.58 bits per heavy atom. The van der Waals surface area contributed by atoms with Crippen molar-refractivity contribution in [3.05, 3.63) is 35.5 Å². The Morgan fingerprint density at radius 1 is 1.14 bits per heavy atom. The summed E-state index contributed by atoms with van der Waals surface area (Å²) in [7, 11) is -1.68. The summed E-state index contributed by atoms with van der Waals surface area (Å²) in [4.78, 5) is 0. The molecular formula is C33H58O2Si. The van der Waals surface area contributed by atoms with Crippen molar-refractivity contribution < 1.29 is 9.53 Å². The Morgan fingerprint density at radius 2 is 1.89 bits per heavy atom. The van der Waals surface area contributed by atoms with Gasteiger partial charge in [0.05, 0.1) is 6.10 Å². The van der Waals surface area contributed by atoms with E-state index in [9.17, 15) is 5.11 Å². The van der Waals surface area contributed by atoms with Gasteiger partial charge >= 0.3 is 0 Å². The van der Waals surface area contributed by atoms with Gasteiger partial charge in [0, 0.05) is 6.10 Å². The van der Waals surface area contributed by atoms with E-state index in [4.69, 9.17) is 4.43 Å². The molecule has 206 valence electrons. The fourth-order valence-electron chi connectivity index (χ4n) is 7.90. The second kappa shape index (κ2) is 12.9. The van der Waals surface area contributed by atoms with Crippen molar-refractivity contribution in [1.29, 1.82) is 0 Å². The average Bonchev–Trinajstić information content (AvgIpc) is 3.09. The molecule has 6 atom stereocenters. The van der Waals surface area contributed by atoms with Crippen LogP contribution in [0.3, 0.4) is 0 Å². The quantitative estimate of drug-likeness (QED) is 0.278. The molecule has 0 radical (unpaired) electrons. The first kappa shape index (κ1) is 29.9. The number of rotatable bonds is 11. The summed E-state index contributed by atoms with van der Waals surface area (Å²) in [5.41, 5.74) is 4.47. The first-order valence-corrected chi connectivity index (χ1v) is 18.5. The molecule has 3 saturated carbocycles. The zero-order valence-corrected chi connectivity index (χ0v) is 25.9. The van der Waals surface area contributed by atoms with Crippen molar-refractivity contribution in [1.82, 2.24) is 0 Å². The third-order valence-electron chi connectivity index (χ3n) is 9.90. The summed E-state index contributed by atoms with van der Waals surface area (Å²) in [6.45, 7) is 21.4. The minimum Gasteiger partial charge on any atom is -0.414 e. The number of fused-ring (bicyclic) bond motifs is 1. The van der Waals surface area contributed by atoms with Gasteiger partial charge in [-0.15, -0.1) is 0 Å². The fourth-order valence-corrected chi connectivity index (χ4v) is 10.3. The molecule has 3 aliphatic carbocycles. The second-order valence-electron chi connectivity index (χ2n) is 13.9. The van der Waals surface area contributed by atoms with Gasteiger partial charge in [-0.25, -0.2) is 0 Å². The summed E-state index contributed by atoms with van der Waals surface area (Å²) in [6, 6.07) is 1.29. The highest BCUT2D eigenvalue weighted by Gasteiger charge is 2.56. The molecule has 0 saturated heterocycles. The molecule has 0 aromatic carbocycles. The average molecular weight is 515 g/mol. The summed E-state index contributed by atoms with van der Waals surface area (Å²) in [6.07, 6.45) is 19.2. The number of hydrogen-bond acceptors (Lipinski definition) is 2. The Bertz CT molecular complexity index is 794. The normalized spacial score (nSPS) is 34.5. The van der Waals surface area contributed by atoms with E-state index in [0.717, 1.165) is 25.2 Å². The van der Waals surface area contributed by atoms with Crippen molar-refractivity contribution in [3.8, 4) is 0 Å². The maximum absolute atomic E-state index is 10.2. The van der Waals surface area contributed by atoms with Crippen molar-refractivity contribution in [2.24, 2.45) is 29.1 Å². The Labute approximate surface area is 225 Å². The van der Waals surface area contributed by atoms with E-state index in [2.05, 4.69) is 66.4 Å². The molecule has 1 N–H and O–H groups in total. The number of aliphatic hydroxyl groups excluding tert-OH is 1. The van der Waals surface area contributed by atoms with Crippen LogP contribution in [0, 0.1) is 29.1 Å². The molecule has 0 amide bonds. The van der Waals surface area contributed by atoms with Gasteiger partial charge in [-0.1, -0.05) is 96.6 Å². The van der Waals surface area contributed by atoms with Crippen molar-refractivity contribution in [2.75, 3.05) is 0 Å². The van der Waals surface area contributed by atoms with Crippen LogP contribution < -0.4 is 0 Å². The standard InChI is InChI=1S/C33H58O2Si/c1-9-10-21-36(7,8)35-31-23-30-27(17-18-28-22-29(34)19-16-25(28)4)15-12-20-33(30,6)32(31)26(5)14-11-13-24(2)3/h17-18,24,26,29-32,34H,4,9-16,19-23H2,1-3,5-8H3/b27-17+,28-18+/t26-,29+,30+,31?,32+,33-/m1/s1. The van der Waals surface area contributed by atoms with E-state index in [1.807, 2.05) is 0 Å². The predicted molar refractivity (Wildman–Crippen MR) is 159 cm³/mol. The van der Waals surface area contributed by atoms with Crippen LogP contribution >= 0.6 is 0 Å². The molecule has 0 spiro atoms. The van der Waals surface area contributed by atoms with Gasteiger partial charge < -0.3 is 9.53 Å². The van der Waals surface area contributed by atoms with E-state index >= 15 is 0 Å². The van der Waals surface area contributed by atoms with Gasteiger partial charge in [0.2, 0.25) is 0 Å². The molecule has 3 aliphatic rings. The third kappa shape index (κ3) is 7.47. The Hall–Kier alpha value is -0.643. The van der Waals surface area contributed by atoms with Crippen LogP contribution in [0.1, 0.15) is 112 Å². The predicted octanol–water partition coefficient (Wildman–Crippen LogP) is 9.62. The minimum absolute atomic E-state index is 0.201. The second-order valence-corrected chi connectivity index (χ2v) is 18.2. The van der Waals surface area contributed by atoms with E-state index in [0.29, 0.717) is 29.3 Å². The molecule has 0 heterocycles. The van der Waals surface area contributed by atoms with Crippen LogP contribution in [-0.4, -0.2) is 25.6 Å². The molecule has 36 heavy (non-hydrogen) atoms. The SMILES string of the molecule is C=C1CC[C@H](O)C/C1=C\C=C1/CCC[C@@]2(C)[C@@H]([C@H](C)CCCC(C)C)C(O[Si](C)(C)CCCC)C[C@@H]12. The van der Waals surface area contributed by atoms with E-state index in [1.165, 1.54) is 75.0 Å². The van der Waals surface area contributed by atoms with Crippen LogP contribution in [-0.2, 0) is 4.43 Å². The molecular weight excluding hydrogens is 456 g/mol. The third-order valence-corrected chi connectivity index (χ3v) is 12.4. The van der Waals surface area contributed by atoms with Crippen LogP contribution in [0.5, 0.6) is 0 Å². The zero-order valence-electron chi connectivity index (χ0n) is 24.9. The molecule has 3 rings (SSSR count). The lowest BCUT2D eigenvalue weighted by Crippen LogP contribution is -2.43. The van der Waals surface area contributed by atoms with Crippen LogP contribution in [0.4, 0.5) is 0 Å². The number of aliphatic hydroxyl groups is 1. The molecule has 0 aromatic rings. The van der Waals surface area contributed by atoms with Crippen molar-refractivity contribution >= 4 is 8.32 Å². The monoisotopic (exact) mass is 514 g/mol. The molecule has 3 fully saturated rings. The topological polar surface area (TPSA) is 29.5 Å². The van der Waals surface area contributed by atoms with Gasteiger partial charge in [0.1, 0.15) is 0 Å². The maximum atomic E-state index is 10.2. The fraction of sp³-hybridized carbons (Fsp3) is 0.818. The highest BCUT2D eigenvalue weighted by molar-refractivity contribution is 6.71. The molecule has 0 bridgehead atoms. The van der Waals surface area contributed by atoms with Gasteiger partial charge in [0.25, 0.3) is 0 Å². The van der Waals surface area contributed by atoms with E-state index < -0.39 is 8.32 Å². The van der Waals surface area contributed by atoms with E-state index in [1.54, 1.807) is 5.57 Å². The van der Waals surface area contributed by atoms with Crippen LogP contribution in [0.25, 0.3) is 0 Å². The van der Waals surface area contributed by atoms with Crippen molar-refractivity contribution in [3.63, 3.8) is 0 Å². The van der Waals surface area contributed by atoms with Crippen LogP contribution in [0.2, 0.25) is 19.1 Å². The molecule has 2 nitrogen and oxygen atoms in total. The smallest absolute Gasteiger partial charge is 0.187 e. The van der Waals surface area contributed by atoms with Gasteiger partial charge in [-0.3, -0.25) is 0 Å². The summed E-state index contributed by atoms with van der Waals surface area (Å²) >= 11 is 0. The Balaban J connectivity index is 1.87. The number of unbranched alkanes of at least 4 members (excludes halogenated alkanes) is 1.